The largest absolute Gasteiger partial charge is 0.508 e. The van der Waals surface area contributed by atoms with Gasteiger partial charge in [-0.3, -0.25) is 19.4 Å². The van der Waals surface area contributed by atoms with Gasteiger partial charge < -0.3 is 23.9 Å². The monoisotopic (exact) mass is 1050 g/mol. The fourth-order valence-electron chi connectivity index (χ4n) is 9.63. The fraction of sp³-hybridized carbons (Fsp3) is 0.333. The van der Waals surface area contributed by atoms with Crippen LogP contribution in [0.4, 0.5) is 11.6 Å². The molecule has 0 unspecified atom stereocenters. The molecule has 9 rings (SSSR count). The summed E-state index contributed by atoms with van der Waals surface area (Å²) in [4.78, 5) is 40.3. The Kier molecular flexibility index (Phi) is 16.6. The van der Waals surface area contributed by atoms with Crippen molar-refractivity contribution in [3.8, 4) is 39.5 Å². The molecule has 78 heavy (non-hydrogen) atoms. The van der Waals surface area contributed by atoms with Crippen molar-refractivity contribution in [2.75, 3.05) is 24.0 Å². The molecule has 8 aromatic rings. The summed E-state index contributed by atoms with van der Waals surface area (Å²) in [7, 11) is 2.90. The number of methoxy groups -OCH3 is 2. The number of aryl methyl sites for hydroxylation is 2. The zero-order valence-electron chi connectivity index (χ0n) is 47.9. The van der Waals surface area contributed by atoms with Gasteiger partial charge in [-0.15, -0.1) is 0 Å². The highest BCUT2D eigenvalue weighted by atomic mass is 16.7. The number of pyridine rings is 2. The van der Waals surface area contributed by atoms with E-state index in [1.54, 1.807) is 43.6 Å². The van der Waals surface area contributed by atoms with Crippen molar-refractivity contribution in [1.82, 2.24) is 9.97 Å². The van der Waals surface area contributed by atoms with Crippen molar-refractivity contribution in [3.05, 3.63) is 168 Å². The van der Waals surface area contributed by atoms with Crippen LogP contribution in [-0.4, -0.2) is 59.4 Å². The molecule has 0 atom stereocenters. The van der Waals surface area contributed by atoms with Crippen LogP contribution < -0.4 is 24.7 Å². The first-order valence-electron chi connectivity index (χ1n) is 26.7. The average Bonchev–Trinajstić information content (AvgIpc) is 3.61. The molecule has 0 aliphatic carbocycles. The molecule has 1 aliphatic heterocycles. The Labute approximate surface area is 461 Å². The van der Waals surface area contributed by atoms with Crippen LogP contribution in [-0.2, 0) is 32.0 Å². The quantitative estimate of drug-likeness (QED) is 0.112. The van der Waals surface area contributed by atoms with Gasteiger partial charge in [0.25, 0.3) is 0 Å². The first kappa shape index (κ1) is 56.7. The number of ether oxygens (including phenoxy) is 2. The number of anilines is 2. The first-order chi connectivity index (χ1) is 36.8. The minimum Gasteiger partial charge on any atom is -0.508 e. The first-order valence-corrected chi connectivity index (χ1v) is 26.7. The van der Waals surface area contributed by atoms with Crippen LogP contribution in [0.5, 0.6) is 17.2 Å². The van der Waals surface area contributed by atoms with Gasteiger partial charge in [0.1, 0.15) is 28.9 Å². The summed E-state index contributed by atoms with van der Waals surface area (Å²) in [6, 6.07) is 44.1. The lowest BCUT2D eigenvalue weighted by molar-refractivity contribution is -0.121. The van der Waals surface area contributed by atoms with E-state index in [-0.39, 0.29) is 28.4 Å². The van der Waals surface area contributed by atoms with Crippen LogP contribution in [0, 0.1) is 24.7 Å². The standard InChI is InChI=1S/C36H43BN2O4.C30H32N2O3/c1-24-20-27(14-17-31(24)41-9)26-12-10-25(11-13-26)23-39(32(40)22-34(2,3)4)33-30-16-15-29(21-28(30)18-19-38-33)37-42-35(5,6)36(7,8)43-37;1-20-16-23(10-13-27(20)35-5)22-8-6-21(7-9-22)19-32(28(34)18-30(2,3)4)29-26-12-11-25(33)17-24(26)14-15-31-29/h10-21H,22-23H2,1-9H3;6-17,33H,18-19H2,1-5H3. The third kappa shape index (κ3) is 13.2. The number of carbonyl (C=O) groups excluding carboxylic acids is 2. The van der Waals surface area contributed by atoms with Gasteiger partial charge >= 0.3 is 7.12 Å². The Morgan fingerprint density at radius 1 is 0.538 bits per heavy atom. The van der Waals surface area contributed by atoms with E-state index in [0.29, 0.717) is 37.6 Å². The molecule has 2 amide bonds. The number of rotatable bonds is 13. The lowest BCUT2D eigenvalue weighted by Gasteiger charge is -2.32. The molecule has 0 spiro atoms. The number of carbonyl (C=O) groups is 2. The average molecular weight is 1050 g/mol. The molecule has 3 heterocycles. The summed E-state index contributed by atoms with van der Waals surface area (Å²) in [5.41, 5.74) is 8.45. The number of aromatic hydroxyl groups is 1. The number of hydrogen-bond acceptors (Lipinski definition) is 9. The van der Waals surface area contributed by atoms with Crippen LogP contribution >= 0.6 is 0 Å². The Hall–Kier alpha value is -7.54. The Morgan fingerprint density at radius 3 is 1.33 bits per heavy atom. The third-order valence-electron chi connectivity index (χ3n) is 14.5. The molecule has 12 heteroatoms. The van der Waals surface area contributed by atoms with E-state index in [0.717, 1.165) is 83.0 Å². The molecule has 0 radical (unpaired) electrons. The molecule has 1 saturated heterocycles. The molecule has 404 valence electrons. The maximum absolute atomic E-state index is 13.8. The van der Waals surface area contributed by atoms with Crippen molar-refractivity contribution in [1.29, 1.82) is 0 Å². The highest BCUT2D eigenvalue weighted by Crippen LogP contribution is 2.38. The number of benzene rings is 6. The van der Waals surface area contributed by atoms with E-state index >= 15 is 0 Å². The minimum atomic E-state index is -0.461. The SMILES string of the molecule is COc1ccc(-c2ccc(CN(C(=O)CC(C)(C)C)c3nccc4cc(B5OC(C)(C)C(C)(C)O5)ccc34)cc2)cc1C.COc1ccc(-c2ccc(CN(C(=O)CC(C)(C)C)c3nccc4cc(O)ccc34)cc2)cc1C. The molecule has 0 saturated carbocycles. The molecule has 6 aromatic carbocycles. The second-order valence-corrected chi connectivity index (χ2v) is 23.9. The predicted octanol–water partition coefficient (Wildman–Crippen LogP) is 14.4. The van der Waals surface area contributed by atoms with Gasteiger partial charge in [0, 0.05) is 36.0 Å². The van der Waals surface area contributed by atoms with Crippen molar-refractivity contribution in [2.45, 2.75) is 120 Å². The van der Waals surface area contributed by atoms with E-state index < -0.39 is 18.3 Å². The van der Waals surface area contributed by atoms with Gasteiger partial charge in [0.05, 0.1) is 38.5 Å². The fourth-order valence-corrected chi connectivity index (χ4v) is 9.63. The second-order valence-electron chi connectivity index (χ2n) is 23.9. The number of phenols is 1. The summed E-state index contributed by atoms with van der Waals surface area (Å²) in [6.45, 7) is 25.6. The van der Waals surface area contributed by atoms with Crippen molar-refractivity contribution in [3.63, 3.8) is 0 Å². The zero-order valence-corrected chi connectivity index (χ0v) is 47.9. The molecule has 0 bridgehead atoms. The van der Waals surface area contributed by atoms with E-state index in [1.807, 2.05) is 61.2 Å². The van der Waals surface area contributed by atoms with Crippen LogP contribution in [0.25, 0.3) is 43.8 Å². The summed E-state index contributed by atoms with van der Waals surface area (Å²) in [5.74, 6) is 3.24. The minimum absolute atomic E-state index is 0.0143. The maximum Gasteiger partial charge on any atom is 0.494 e. The Balaban J connectivity index is 0.000000210. The van der Waals surface area contributed by atoms with Crippen molar-refractivity contribution >= 4 is 57.6 Å². The predicted molar refractivity (Wildman–Crippen MR) is 318 cm³/mol. The number of aromatic nitrogens is 2. The van der Waals surface area contributed by atoms with E-state index in [4.69, 9.17) is 23.8 Å². The van der Waals surface area contributed by atoms with Gasteiger partial charge in [0.15, 0.2) is 0 Å². The number of phenolic OH excluding ortho intramolecular Hbond substituents is 1. The zero-order chi connectivity index (χ0) is 56.3. The maximum atomic E-state index is 13.8. The molecule has 2 aromatic heterocycles. The van der Waals surface area contributed by atoms with Gasteiger partial charge in [-0.1, -0.05) is 120 Å². The van der Waals surface area contributed by atoms with Crippen molar-refractivity contribution in [2.24, 2.45) is 10.8 Å². The molecule has 1 aliphatic rings. The molecule has 11 nitrogen and oxygen atoms in total. The van der Waals surface area contributed by atoms with Gasteiger partial charge in [-0.25, -0.2) is 9.97 Å². The smallest absolute Gasteiger partial charge is 0.494 e. The summed E-state index contributed by atoms with van der Waals surface area (Å²) < 4.78 is 23.4. The number of nitrogens with zero attached hydrogens (tertiary/aromatic N) is 4. The third-order valence-corrected chi connectivity index (χ3v) is 14.5. The highest BCUT2D eigenvalue weighted by Gasteiger charge is 2.51. The number of hydrogen-bond donors (Lipinski definition) is 1. The van der Waals surface area contributed by atoms with Crippen LogP contribution in [0.3, 0.4) is 0 Å². The molecule has 1 N–H and O–H groups in total. The summed E-state index contributed by atoms with van der Waals surface area (Å²) >= 11 is 0. The molecular weight excluding hydrogens is 972 g/mol. The summed E-state index contributed by atoms with van der Waals surface area (Å²) in [5, 5.41) is 13.5. The van der Waals surface area contributed by atoms with E-state index in [2.05, 4.69) is 153 Å². The van der Waals surface area contributed by atoms with E-state index in [1.165, 1.54) is 0 Å². The van der Waals surface area contributed by atoms with Crippen LogP contribution in [0.1, 0.15) is 104 Å². The van der Waals surface area contributed by atoms with Gasteiger partial charge in [0.2, 0.25) is 11.8 Å². The van der Waals surface area contributed by atoms with Crippen LogP contribution in [0.2, 0.25) is 0 Å². The second kappa shape index (κ2) is 22.8. The lowest BCUT2D eigenvalue weighted by Crippen LogP contribution is -2.41. The Morgan fingerprint density at radius 2 is 0.936 bits per heavy atom. The van der Waals surface area contributed by atoms with Crippen LogP contribution in [0.15, 0.2) is 146 Å². The van der Waals surface area contributed by atoms with Gasteiger partial charge in [-0.2, -0.15) is 0 Å². The Bertz CT molecular complexity index is 3440. The van der Waals surface area contributed by atoms with E-state index in [9.17, 15) is 14.7 Å². The summed E-state index contributed by atoms with van der Waals surface area (Å²) in [6.07, 6.45) is 4.26. The molecular formula is C66H75BN4O7. The topological polar surface area (TPSA) is 124 Å². The molecule has 1 fully saturated rings. The number of amides is 2. The van der Waals surface area contributed by atoms with Gasteiger partial charge in [-0.05, 0) is 168 Å². The van der Waals surface area contributed by atoms with Crippen molar-refractivity contribution < 1.29 is 33.5 Å². The number of fused-ring (bicyclic) bond motifs is 2. The lowest BCUT2D eigenvalue weighted by atomic mass is 9.78. The normalized spacial score (nSPS) is 13.9. The highest BCUT2D eigenvalue weighted by molar-refractivity contribution is 6.62.